The molecule has 1 N–H and O–H groups in total. The molecule has 1 aromatic rings. The molecular weight excluding hydrogens is 244 g/mol. The molecule has 2 amide bonds. The molecule has 0 unspecified atom stereocenters. The zero-order valence-corrected chi connectivity index (χ0v) is 11.0. The maximum Gasteiger partial charge on any atom is 0.265 e. The van der Waals surface area contributed by atoms with Gasteiger partial charge in [-0.25, -0.2) is 5.06 Å². The maximum absolute atomic E-state index is 11.8. The summed E-state index contributed by atoms with van der Waals surface area (Å²) in [4.78, 5) is 28.8. The highest BCUT2D eigenvalue weighted by Crippen LogP contribution is 2.06. The molecule has 1 saturated heterocycles. The van der Waals surface area contributed by atoms with Gasteiger partial charge in [-0.1, -0.05) is 17.7 Å². The van der Waals surface area contributed by atoms with Gasteiger partial charge in [0.2, 0.25) is 0 Å². The Hall–Kier alpha value is -1.88. The van der Waals surface area contributed by atoms with E-state index >= 15 is 0 Å². The Kier molecular flexibility index (Phi) is 4.52. The van der Waals surface area contributed by atoms with E-state index in [1.807, 2.05) is 19.1 Å². The number of carbonyl (C=O) groups is 2. The lowest BCUT2D eigenvalue weighted by atomic mass is 10.1. The first kappa shape index (κ1) is 13.5. The van der Waals surface area contributed by atoms with Crippen LogP contribution in [0.4, 0.5) is 0 Å². The van der Waals surface area contributed by atoms with Crippen molar-refractivity contribution in [1.82, 2.24) is 10.4 Å². The summed E-state index contributed by atoms with van der Waals surface area (Å²) in [5, 5.41) is 3.94. The minimum Gasteiger partial charge on any atom is -0.343 e. The van der Waals surface area contributed by atoms with Crippen LogP contribution in [0.25, 0.3) is 0 Å². The molecule has 0 radical (unpaired) electrons. The molecule has 1 heterocycles. The van der Waals surface area contributed by atoms with Crippen molar-refractivity contribution in [3.63, 3.8) is 0 Å². The van der Waals surface area contributed by atoms with Gasteiger partial charge in [-0.15, -0.1) is 0 Å². The van der Waals surface area contributed by atoms with E-state index in [9.17, 15) is 9.59 Å². The van der Waals surface area contributed by atoms with Crippen molar-refractivity contribution in [1.29, 1.82) is 0 Å². The SMILES string of the molecule is Cc1ccc(C(=O)NCC(=O)N2CCCCO2)cc1. The van der Waals surface area contributed by atoms with Gasteiger partial charge < -0.3 is 5.32 Å². The Morgan fingerprint density at radius 3 is 2.63 bits per heavy atom. The van der Waals surface area contributed by atoms with Gasteiger partial charge in [0, 0.05) is 12.1 Å². The van der Waals surface area contributed by atoms with Gasteiger partial charge in [0.25, 0.3) is 11.8 Å². The second-order valence-electron chi connectivity index (χ2n) is 4.58. The maximum atomic E-state index is 11.8. The molecule has 0 aromatic heterocycles. The Balaban J connectivity index is 1.82. The molecule has 0 saturated carbocycles. The minimum atomic E-state index is -0.245. The van der Waals surface area contributed by atoms with Crippen molar-refractivity contribution in [2.45, 2.75) is 19.8 Å². The summed E-state index contributed by atoms with van der Waals surface area (Å²) in [6.07, 6.45) is 1.91. The standard InChI is InChI=1S/C14H18N2O3/c1-11-4-6-12(7-5-11)14(18)15-10-13(17)16-8-2-3-9-19-16/h4-7H,2-3,8-10H2,1H3,(H,15,18). The Morgan fingerprint density at radius 1 is 1.26 bits per heavy atom. The smallest absolute Gasteiger partial charge is 0.265 e. The van der Waals surface area contributed by atoms with E-state index < -0.39 is 0 Å². The number of carbonyl (C=O) groups excluding carboxylic acids is 2. The quantitative estimate of drug-likeness (QED) is 0.892. The lowest BCUT2D eigenvalue weighted by molar-refractivity contribution is -0.195. The highest BCUT2D eigenvalue weighted by atomic mass is 16.7. The average molecular weight is 262 g/mol. The number of amides is 2. The monoisotopic (exact) mass is 262 g/mol. The van der Waals surface area contributed by atoms with Crippen LogP contribution in [0.2, 0.25) is 0 Å². The zero-order valence-electron chi connectivity index (χ0n) is 11.0. The first-order valence-corrected chi connectivity index (χ1v) is 6.45. The molecule has 19 heavy (non-hydrogen) atoms. The molecule has 102 valence electrons. The Bertz CT molecular complexity index is 450. The van der Waals surface area contributed by atoms with Crippen LogP contribution in [-0.4, -0.2) is 36.6 Å². The zero-order chi connectivity index (χ0) is 13.7. The average Bonchev–Trinajstić information content (AvgIpc) is 2.46. The molecule has 1 aliphatic rings. The van der Waals surface area contributed by atoms with Crippen molar-refractivity contribution in [3.05, 3.63) is 35.4 Å². The molecule has 2 rings (SSSR count). The third kappa shape index (κ3) is 3.79. The summed E-state index contributed by atoms with van der Waals surface area (Å²) >= 11 is 0. The summed E-state index contributed by atoms with van der Waals surface area (Å²) in [6.45, 7) is 3.09. The summed E-state index contributed by atoms with van der Waals surface area (Å²) in [5.74, 6) is -0.453. The second kappa shape index (κ2) is 6.33. The number of hydrogen-bond acceptors (Lipinski definition) is 3. The van der Waals surface area contributed by atoms with Gasteiger partial charge >= 0.3 is 0 Å². The third-order valence-corrected chi connectivity index (χ3v) is 2.99. The van der Waals surface area contributed by atoms with E-state index in [0.717, 1.165) is 18.4 Å². The van der Waals surface area contributed by atoms with Gasteiger partial charge in [0.05, 0.1) is 13.2 Å². The molecule has 1 aromatic carbocycles. The lowest BCUT2D eigenvalue weighted by Crippen LogP contribution is -2.42. The normalized spacial score (nSPS) is 15.1. The topological polar surface area (TPSA) is 58.6 Å². The number of benzene rings is 1. The number of hydrogen-bond donors (Lipinski definition) is 1. The van der Waals surface area contributed by atoms with Gasteiger partial charge in [-0.2, -0.15) is 0 Å². The molecule has 1 aliphatic heterocycles. The summed E-state index contributed by atoms with van der Waals surface area (Å²) < 4.78 is 0. The Labute approximate surface area is 112 Å². The molecule has 5 nitrogen and oxygen atoms in total. The van der Waals surface area contributed by atoms with Crippen LogP contribution >= 0.6 is 0 Å². The summed E-state index contributed by atoms with van der Waals surface area (Å²) in [6, 6.07) is 7.22. The molecule has 0 atom stereocenters. The van der Waals surface area contributed by atoms with Gasteiger partial charge in [0.1, 0.15) is 0 Å². The molecule has 1 fully saturated rings. The van der Waals surface area contributed by atoms with Crippen LogP contribution in [0.15, 0.2) is 24.3 Å². The largest absolute Gasteiger partial charge is 0.343 e. The predicted octanol–water partition coefficient (Wildman–Crippen LogP) is 1.28. The predicted molar refractivity (Wildman–Crippen MR) is 70.4 cm³/mol. The highest BCUT2D eigenvalue weighted by molar-refractivity contribution is 5.96. The van der Waals surface area contributed by atoms with Crippen LogP contribution < -0.4 is 5.32 Å². The molecule has 5 heteroatoms. The van der Waals surface area contributed by atoms with Crippen LogP contribution in [0, 0.1) is 6.92 Å². The van der Waals surface area contributed by atoms with E-state index in [-0.39, 0.29) is 18.4 Å². The van der Waals surface area contributed by atoms with Crippen molar-refractivity contribution in [2.75, 3.05) is 19.7 Å². The number of rotatable bonds is 3. The Morgan fingerprint density at radius 2 is 2.00 bits per heavy atom. The minimum absolute atomic E-state index is 0.0350. The first-order valence-electron chi connectivity index (χ1n) is 6.45. The fourth-order valence-corrected chi connectivity index (χ4v) is 1.84. The first-order chi connectivity index (χ1) is 9.16. The van der Waals surface area contributed by atoms with Crippen LogP contribution in [-0.2, 0) is 9.63 Å². The van der Waals surface area contributed by atoms with Crippen molar-refractivity contribution in [3.8, 4) is 0 Å². The van der Waals surface area contributed by atoms with Crippen LogP contribution in [0.3, 0.4) is 0 Å². The number of hydroxylamine groups is 2. The fourth-order valence-electron chi connectivity index (χ4n) is 1.84. The molecule has 0 aliphatic carbocycles. The van der Waals surface area contributed by atoms with Crippen molar-refractivity contribution in [2.24, 2.45) is 0 Å². The summed E-state index contributed by atoms with van der Waals surface area (Å²) in [5.41, 5.74) is 1.65. The van der Waals surface area contributed by atoms with E-state index in [4.69, 9.17) is 4.84 Å². The van der Waals surface area contributed by atoms with Gasteiger partial charge in [-0.05, 0) is 31.9 Å². The molecular formula is C14H18N2O3. The van der Waals surface area contributed by atoms with Crippen molar-refractivity contribution >= 4 is 11.8 Å². The van der Waals surface area contributed by atoms with E-state index in [2.05, 4.69) is 5.32 Å². The van der Waals surface area contributed by atoms with Crippen LogP contribution in [0.1, 0.15) is 28.8 Å². The lowest BCUT2D eigenvalue weighted by Gasteiger charge is -2.25. The van der Waals surface area contributed by atoms with E-state index in [1.54, 1.807) is 12.1 Å². The highest BCUT2D eigenvalue weighted by Gasteiger charge is 2.18. The third-order valence-electron chi connectivity index (χ3n) is 2.99. The summed E-state index contributed by atoms with van der Waals surface area (Å²) in [7, 11) is 0. The number of nitrogens with one attached hydrogen (secondary N) is 1. The fraction of sp³-hybridized carbons (Fsp3) is 0.429. The number of nitrogens with zero attached hydrogens (tertiary/aromatic N) is 1. The van der Waals surface area contributed by atoms with Gasteiger partial charge in [0.15, 0.2) is 0 Å². The second-order valence-corrected chi connectivity index (χ2v) is 4.58. The van der Waals surface area contributed by atoms with Crippen molar-refractivity contribution < 1.29 is 14.4 Å². The molecule has 0 spiro atoms. The number of aryl methyl sites for hydroxylation is 1. The van der Waals surface area contributed by atoms with E-state index in [0.29, 0.717) is 18.7 Å². The van der Waals surface area contributed by atoms with Crippen LogP contribution in [0.5, 0.6) is 0 Å². The molecule has 0 bridgehead atoms. The van der Waals surface area contributed by atoms with Gasteiger partial charge in [-0.3, -0.25) is 14.4 Å². The van der Waals surface area contributed by atoms with E-state index in [1.165, 1.54) is 5.06 Å².